The van der Waals surface area contributed by atoms with Crippen molar-refractivity contribution in [2.24, 2.45) is 5.92 Å². The summed E-state index contributed by atoms with van der Waals surface area (Å²) in [5, 5.41) is 6.54. The third-order valence-corrected chi connectivity index (χ3v) is 4.99. The molecule has 1 amide bonds. The van der Waals surface area contributed by atoms with Crippen LogP contribution < -0.4 is 10.6 Å². The van der Waals surface area contributed by atoms with Crippen LogP contribution in [0.2, 0.25) is 0 Å². The third-order valence-electron chi connectivity index (χ3n) is 4.99. The fourth-order valence-electron chi connectivity index (χ4n) is 3.71. The van der Waals surface area contributed by atoms with Crippen molar-refractivity contribution < 1.29 is 4.79 Å². The van der Waals surface area contributed by atoms with E-state index in [1.807, 2.05) is 12.1 Å². The summed E-state index contributed by atoms with van der Waals surface area (Å²) >= 11 is 0. The first-order chi connectivity index (χ1) is 10.3. The van der Waals surface area contributed by atoms with Crippen LogP contribution in [0.15, 0.2) is 18.3 Å². The molecule has 0 aromatic carbocycles. The van der Waals surface area contributed by atoms with Crippen LogP contribution in [0.3, 0.4) is 0 Å². The minimum Gasteiger partial charge on any atom is -0.350 e. The number of hydrogen-bond donors (Lipinski definition) is 2. The average Bonchev–Trinajstić information content (AvgIpc) is 3.04. The fraction of sp³-hybridized carbons (Fsp3) is 0.706. The van der Waals surface area contributed by atoms with E-state index in [0.717, 1.165) is 38.2 Å². The van der Waals surface area contributed by atoms with Crippen LogP contribution in [-0.2, 0) is 0 Å². The summed E-state index contributed by atoms with van der Waals surface area (Å²) in [4.78, 5) is 12.5. The zero-order valence-corrected chi connectivity index (χ0v) is 12.8. The Kier molecular flexibility index (Phi) is 4.96. The lowest BCUT2D eigenvalue weighted by Crippen LogP contribution is -2.34. The number of carbonyl (C=O) groups is 1. The van der Waals surface area contributed by atoms with E-state index >= 15 is 0 Å². The van der Waals surface area contributed by atoms with Crippen molar-refractivity contribution in [3.63, 3.8) is 0 Å². The smallest absolute Gasteiger partial charge is 0.267 e. The molecule has 0 radical (unpaired) electrons. The second-order valence-corrected chi connectivity index (χ2v) is 6.50. The summed E-state index contributed by atoms with van der Waals surface area (Å²) in [6.07, 6.45) is 10.8. The standard InChI is InChI=1S/C17H27N3O/c21-17(19-13-14-5-2-1-3-6-14)16-7-4-12-20(16)15-8-10-18-11-9-15/h4,7,12,14-15,18H,1-3,5-6,8-11,13H2,(H,19,21). The molecule has 0 unspecified atom stereocenters. The van der Waals surface area contributed by atoms with Gasteiger partial charge in [-0.15, -0.1) is 0 Å². The highest BCUT2D eigenvalue weighted by Gasteiger charge is 2.21. The largest absolute Gasteiger partial charge is 0.350 e. The quantitative estimate of drug-likeness (QED) is 0.895. The first kappa shape index (κ1) is 14.6. The van der Waals surface area contributed by atoms with Crippen LogP contribution in [0.1, 0.15) is 61.5 Å². The Bertz CT molecular complexity index is 456. The summed E-state index contributed by atoms with van der Waals surface area (Å²) in [5.41, 5.74) is 0.831. The van der Waals surface area contributed by atoms with Gasteiger partial charge in [-0.2, -0.15) is 0 Å². The maximum absolute atomic E-state index is 12.5. The Morgan fingerprint density at radius 1 is 1.19 bits per heavy atom. The Morgan fingerprint density at radius 2 is 1.95 bits per heavy atom. The molecule has 1 saturated heterocycles. The normalized spacial score (nSPS) is 21.3. The van der Waals surface area contributed by atoms with Crippen LogP contribution >= 0.6 is 0 Å². The molecule has 21 heavy (non-hydrogen) atoms. The predicted octanol–water partition coefficient (Wildman–Crippen LogP) is 2.72. The van der Waals surface area contributed by atoms with Gasteiger partial charge in [-0.05, 0) is 56.8 Å². The highest BCUT2D eigenvalue weighted by atomic mass is 16.1. The predicted molar refractivity (Wildman–Crippen MR) is 84.5 cm³/mol. The molecule has 116 valence electrons. The van der Waals surface area contributed by atoms with Gasteiger partial charge in [0, 0.05) is 18.8 Å². The second kappa shape index (κ2) is 7.12. The van der Waals surface area contributed by atoms with Crippen molar-refractivity contribution in [3.8, 4) is 0 Å². The molecule has 2 fully saturated rings. The van der Waals surface area contributed by atoms with Crippen LogP contribution in [0.4, 0.5) is 0 Å². The Morgan fingerprint density at radius 3 is 2.71 bits per heavy atom. The molecule has 2 aliphatic rings. The molecule has 2 heterocycles. The third kappa shape index (κ3) is 3.67. The minimum absolute atomic E-state index is 0.101. The van der Waals surface area contributed by atoms with E-state index < -0.39 is 0 Å². The summed E-state index contributed by atoms with van der Waals surface area (Å²) < 4.78 is 2.18. The summed E-state index contributed by atoms with van der Waals surface area (Å²) in [6, 6.07) is 4.42. The lowest BCUT2D eigenvalue weighted by Gasteiger charge is -2.26. The number of piperidine rings is 1. The number of nitrogens with zero attached hydrogens (tertiary/aromatic N) is 1. The Balaban J connectivity index is 1.58. The first-order valence-electron chi connectivity index (χ1n) is 8.50. The van der Waals surface area contributed by atoms with Crippen molar-refractivity contribution in [2.75, 3.05) is 19.6 Å². The average molecular weight is 289 g/mol. The first-order valence-corrected chi connectivity index (χ1v) is 8.50. The van der Waals surface area contributed by atoms with Crippen LogP contribution in [0.5, 0.6) is 0 Å². The highest BCUT2D eigenvalue weighted by Crippen LogP contribution is 2.24. The molecular weight excluding hydrogens is 262 g/mol. The lowest BCUT2D eigenvalue weighted by atomic mass is 9.89. The topological polar surface area (TPSA) is 46.1 Å². The Labute approximate surface area is 127 Å². The van der Waals surface area contributed by atoms with Gasteiger partial charge in [0.25, 0.3) is 5.91 Å². The van der Waals surface area contributed by atoms with Gasteiger partial charge >= 0.3 is 0 Å². The molecule has 1 aromatic heterocycles. The number of nitrogens with one attached hydrogen (secondary N) is 2. The second-order valence-electron chi connectivity index (χ2n) is 6.50. The van der Waals surface area contributed by atoms with E-state index in [9.17, 15) is 4.79 Å². The molecule has 1 aromatic rings. The highest BCUT2D eigenvalue weighted by molar-refractivity contribution is 5.92. The minimum atomic E-state index is 0.101. The molecule has 1 aliphatic carbocycles. The molecule has 0 atom stereocenters. The van der Waals surface area contributed by atoms with Crippen LogP contribution in [0.25, 0.3) is 0 Å². The van der Waals surface area contributed by atoms with Gasteiger partial charge in [0.15, 0.2) is 0 Å². The molecule has 2 N–H and O–H groups in total. The van der Waals surface area contributed by atoms with E-state index in [2.05, 4.69) is 21.4 Å². The van der Waals surface area contributed by atoms with Gasteiger partial charge in [0.05, 0.1) is 0 Å². The SMILES string of the molecule is O=C(NCC1CCCCC1)c1cccn1C1CCNCC1. The molecule has 1 aliphatic heterocycles. The van der Waals surface area contributed by atoms with Gasteiger partial charge in [-0.3, -0.25) is 4.79 Å². The van der Waals surface area contributed by atoms with Crippen molar-refractivity contribution in [1.29, 1.82) is 0 Å². The van der Waals surface area contributed by atoms with Gasteiger partial charge in [0.1, 0.15) is 5.69 Å². The Hall–Kier alpha value is -1.29. The maximum atomic E-state index is 12.5. The van der Waals surface area contributed by atoms with Crippen molar-refractivity contribution >= 4 is 5.91 Å². The van der Waals surface area contributed by atoms with E-state index in [4.69, 9.17) is 0 Å². The zero-order chi connectivity index (χ0) is 14.5. The molecule has 3 rings (SSSR count). The van der Waals surface area contributed by atoms with E-state index in [1.54, 1.807) is 0 Å². The summed E-state index contributed by atoms with van der Waals surface area (Å²) in [7, 11) is 0. The van der Waals surface area contributed by atoms with E-state index in [1.165, 1.54) is 32.1 Å². The van der Waals surface area contributed by atoms with Gasteiger partial charge < -0.3 is 15.2 Å². The van der Waals surface area contributed by atoms with Crippen molar-refractivity contribution in [2.45, 2.75) is 51.0 Å². The number of rotatable bonds is 4. The number of aromatic nitrogens is 1. The fourth-order valence-corrected chi connectivity index (χ4v) is 3.71. The van der Waals surface area contributed by atoms with Gasteiger partial charge in [-0.1, -0.05) is 19.3 Å². The molecular formula is C17H27N3O. The zero-order valence-electron chi connectivity index (χ0n) is 12.8. The molecule has 0 bridgehead atoms. The number of carbonyl (C=O) groups excluding carboxylic acids is 1. The molecule has 4 heteroatoms. The van der Waals surface area contributed by atoms with E-state index in [-0.39, 0.29) is 5.91 Å². The summed E-state index contributed by atoms with van der Waals surface area (Å²) in [6.45, 7) is 2.94. The lowest BCUT2D eigenvalue weighted by molar-refractivity contribution is 0.0930. The number of amides is 1. The van der Waals surface area contributed by atoms with Crippen LogP contribution in [0, 0.1) is 5.92 Å². The van der Waals surface area contributed by atoms with Crippen LogP contribution in [-0.4, -0.2) is 30.1 Å². The molecule has 1 saturated carbocycles. The maximum Gasteiger partial charge on any atom is 0.267 e. The van der Waals surface area contributed by atoms with Crippen molar-refractivity contribution in [3.05, 3.63) is 24.0 Å². The van der Waals surface area contributed by atoms with E-state index in [0.29, 0.717) is 12.0 Å². The number of hydrogen-bond acceptors (Lipinski definition) is 2. The molecule has 0 spiro atoms. The summed E-state index contributed by atoms with van der Waals surface area (Å²) in [5.74, 6) is 0.786. The monoisotopic (exact) mass is 289 g/mol. The van der Waals surface area contributed by atoms with Gasteiger partial charge in [0.2, 0.25) is 0 Å². The molecule has 4 nitrogen and oxygen atoms in total. The van der Waals surface area contributed by atoms with Gasteiger partial charge in [-0.25, -0.2) is 0 Å². The van der Waals surface area contributed by atoms with Crippen molar-refractivity contribution in [1.82, 2.24) is 15.2 Å².